The normalized spacial score (nSPS) is 11.4. The molecule has 1 radical (unpaired) electrons. The molecule has 1 unspecified atom stereocenters. The number of nitrogen functional groups attached to an aromatic ring is 1. The van der Waals surface area contributed by atoms with Crippen LogP contribution < -0.4 is 10.5 Å². The van der Waals surface area contributed by atoms with Crippen molar-refractivity contribution in [2.24, 2.45) is 5.73 Å². The van der Waals surface area contributed by atoms with Gasteiger partial charge in [-0.25, -0.2) is 4.79 Å². The summed E-state index contributed by atoms with van der Waals surface area (Å²) in [6.07, 6.45) is -0.864. The Morgan fingerprint density at radius 3 is 2.30 bits per heavy atom. The average molecular weight is 269 g/mol. The van der Waals surface area contributed by atoms with Crippen molar-refractivity contribution in [3.05, 3.63) is 65.7 Å². The van der Waals surface area contributed by atoms with E-state index in [0.29, 0.717) is 16.9 Å². The minimum Gasteiger partial charge on any atom is -0.450 e. The molecule has 0 aliphatic carbocycles. The topological polar surface area (TPSA) is 85.4 Å². The summed E-state index contributed by atoms with van der Waals surface area (Å²) in [4.78, 5) is 10.5. The van der Waals surface area contributed by atoms with Crippen LogP contribution in [0.1, 0.15) is 17.4 Å². The van der Waals surface area contributed by atoms with Gasteiger partial charge in [0.05, 0.1) is 0 Å². The number of rotatable bonds is 6. The molecule has 0 aromatic heterocycles. The number of carbonyl (C=O) groups excluding carboxylic acids is 1. The molecular weight excluding hydrogens is 256 g/mol. The van der Waals surface area contributed by atoms with Crippen molar-refractivity contribution in [2.75, 3.05) is 0 Å². The van der Waals surface area contributed by atoms with Gasteiger partial charge in [0.15, 0.2) is 0 Å². The molecule has 5 heteroatoms. The Kier molecular flexibility index (Phi) is 4.34. The Balaban J connectivity index is 2.16. The number of hydrogen-bond donors (Lipinski definition) is 2. The molecule has 2 aromatic carbocycles. The van der Waals surface area contributed by atoms with E-state index >= 15 is 0 Å². The molecular formula is C15H13N2O3. The number of nitrogens with one attached hydrogen (secondary N) is 1. The van der Waals surface area contributed by atoms with Gasteiger partial charge in [0.25, 0.3) is 6.29 Å². The fourth-order valence-electron chi connectivity index (χ4n) is 1.65. The second-order valence-electron chi connectivity index (χ2n) is 4.00. The van der Waals surface area contributed by atoms with E-state index < -0.39 is 6.29 Å². The first-order valence-corrected chi connectivity index (χ1v) is 5.89. The van der Waals surface area contributed by atoms with E-state index in [4.69, 9.17) is 20.6 Å². The molecule has 3 N–H and O–H groups in total. The zero-order chi connectivity index (χ0) is 14.4. The lowest BCUT2D eigenvalue weighted by molar-refractivity contribution is -0.00899. The summed E-state index contributed by atoms with van der Waals surface area (Å²) < 4.78 is 10.4. The maximum Gasteiger partial charge on any atom is 0.420 e. The second kappa shape index (κ2) is 6.38. The minimum atomic E-state index is -0.864. The van der Waals surface area contributed by atoms with Crippen LogP contribution in [0, 0.1) is 5.41 Å². The Bertz CT molecular complexity index is 582. The zero-order valence-corrected chi connectivity index (χ0v) is 10.6. The summed E-state index contributed by atoms with van der Waals surface area (Å²) in [5, 5.41) is 7.31. The van der Waals surface area contributed by atoms with Crippen LogP contribution in [-0.2, 0) is 9.53 Å². The van der Waals surface area contributed by atoms with Crippen LogP contribution in [0.2, 0.25) is 0 Å². The molecule has 20 heavy (non-hydrogen) atoms. The predicted octanol–water partition coefficient (Wildman–Crippen LogP) is 2.13. The highest BCUT2D eigenvalue weighted by Gasteiger charge is 2.14. The Morgan fingerprint density at radius 1 is 1.10 bits per heavy atom. The van der Waals surface area contributed by atoms with E-state index in [2.05, 4.69) is 0 Å². The van der Waals surface area contributed by atoms with Crippen molar-refractivity contribution in [2.45, 2.75) is 6.29 Å². The van der Waals surface area contributed by atoms with Gasteiger partial charge in [-0.15, -0.1) is 0 Å². The molecule has 0 spiro atoms. The molecule has 0 saturated heterocycles. The average Bonchev–Trinajstić information content (AvgIpc) is 2.48. The number of ether oxygens (including phenoxy) is 2. The summed E-state index contributed by atoms with van der Waals surface area (Å²) in [6.45, 7) is 1.39. The maximum atomic E-state index is 10.5. The van der Waals surface area contributed by atoms with Gasteiger partial charge in [-0.1, -0.05) is 30.3 Å². The first kappa shape index (κ1) is 13.6. The monoisotopic (exact) mass is 269 g/mol. The number of nitrogens with two attached hydrogens (primary N) is 1. The summed E-state index contributed by atoms with van der Waals surface area (Å²) in [7, 11) is 0. The van der Waals surface area contributed by atoms with Crippen LogP contribution in [0.4, 0.5) is 0 Å². The van der Waals surface area contributed by atoms with Gasteiger partial charge < -0.3 is 15.2 Å². The molecule has 0 aliphatic heterocycles. The molecule has 2 rings (SSSR count). The van der Waals surface area contributed by atoms with Crippen molar-refractivity contribution in [1.29, 1.82) is 5.41 Å². The lowest BCUT2D eigenvalue weighted by Crippen LogP contribution is -2.12. The highest BCUT2D eigenvalue weighted by molar-refractivity contribution is 5.94. The van der Waals surface area contributed by atoms with Crippen LogP contribution in [0.5, 0.6) is 5.75 Å². The number of hydrogen-bond acceptors (Lipinski definition) is 4. The summed E-state index contributed by atoms with van der Waals surface area (Å²) >= 11 is 0. The Morgan fingerprint density at radius 2 is 1.75 bits per heavy atom. The van der Waals surface area contributed by atoms with Crippen LogP contribution in [-0.4, -0.2) is 12.3 Å². The zero-order valence-electron chi connectivity index (χ0n) is 10.6. The van der Waals surface area contributed by atoms with Crippen molar-refractivity contribution in [3.63, 3.8) is 0 Å². The van der Waals surface area contributed by atoms with Crippen LogP contribution in [0.3, 0.4) is 0 Å². The standard InChI is InChI=1S/C15H13N2O3/c16-14(17)11-6-8-13(9-7-11)20-15(19-10-18)12-4-2-1-3-5-12/h1-9,15H,(H3,16,17). The van der Waals surface area contributed by atoms with Crippen LogP contribution in [0.15, 0.2) is 54.6 Å². The lowest BCUT2D eigenvalue weighted by Gasteiger charge is -2.17. The minimum absolute atomic E-state index is 0.0198. The molecule has 0 heterocycles. The van der Waals surface area contributed by atoms with Crippen LogP contribution in [0.25, 0.3) is 0 Å². The molecule has 0 fully saturated rings. The molecule has 101 valence electrons. The van der Waals surface area contributed by atoms with E-state index in [1.807, 2.05) is 18.2 Å². The fraction of sp³-hybridized carbons (Fsp3) is 0.0667. The van der Waals surface area contributed by atoms with Gasteiger partial charge in [0, 0.05) is 11.1 Å². The van der Waals surface area contributed by atoms with E-state index in [1.54, 1.807) is 36.4 Å². The van der Waals surface area contributed by atoms with Gasteiger partial charge in [-0.05, 0) is 24.3 Å². The molecule has 0 aliphatic rings. The van der Waals surface area contributed by atoms with E-state index in [1.165, 1.54) is 6.47 Å². The summed E-state index contributed by atoms with van der Waals surface area (Å²) in [6, 6.07) is 15.7. The largest absolute Gasteiger partial charge is 0.450 e. The number of amidine groups is 1. The molecule has 0 bridgehead atoms. The Hall–Kier alpha value is -2.82. The van der Waals surface area contributed by atoms with Crippen LogP contribution >= 0.6 is 0 Å². The third-order valence-electron chi connectivity index (χ3n) is 2.64. The Labute approximate surface area is 116 Å². The van der Waals surface area contributed by atoms with Gasteiger partial charge >= 0.3 is 6.47 Å². The summed E-state index contributed by atoms with van der Waals surface area (Å²) in [5.74, 6) is 0.479. The first-order chi connectivity index (χ1) is 9.70. The quantitative estimate of drug-likeness (QED) is 0.478. The van der Waals surface area contributed by atoms with Crippen molar-refractivity contribution >= 4 is 12.3 Å². The van der Waals surface area contributed by atoms with Gasteiger partial charge in [-0.3, -0.25) is 5.41 Å². The van der Waals surface area contributed by atoms with Crippen molar-refractivity contribution in [3.8, 4) is 5.75 Å². The molecule has 0 saturated carbocycles. The van der Waals surface area contributed by atoms with Gasteiger partial charge in [0.2, 0.25) is 0 Å². The second-order valence-corrected chi connectivity index (χ2v) is 4.00. The van der Waals surface area contributed by atoms with Crippen molar-refractivity contribution in [1.82, 2.24) is 0 Å². The smallest absolute Gasteiger partial charge is 0.420 e. The highest BCUT2D eigenvalue weighted by atomic mass is 16.7. The molecule has 1 atom stereocenters. The third kappa shape index (κ3) is 3.35. The predicted molar refractivity (Wildman–Crippen MR) is 74.0 cm³/mol. The third-order valence-corrected chi connectivity index (χ3v) is 2.64. The van der Waals surface area contributed by atoms with E-state index in [-0.39, 0.29) is 5.84 Å². The lowest BCUT2D eigenvalue weighted by atomic mass is 10.2. The number of benzene rings is 2. The highest BCUT2D eigenvalue weighted by Crippen LogP contribution is 2.22. The van der Waals surface area contributed by atoms with Gasteiger partial charge in [-0.2, -0.15) is 0 Å². The van der Waals surface area contributed by atoms with Gasteiger partial charge in [0.1, 0.15) is 11.6 Å². The first-order valence-electron chi connectivity index (χ1n) is 5.89. The van der Waals surface area contributed by atoms with Crippen molar-refractivity contribution < 1.29 is 14.3 Å². The molecule has 2 aromatic rings. The fourth-order valence-corrected chi connectivity index (χ4v) is 1.65. The maximum absolute atomic E-state index is 10.5. The molecule has 5 nitrogen and oxygen atoms in total. The molecule has 0 amide bonds. The SMILES string of the molecule is N=C(N)c1ccc(OC(O[C]=O)c2ccccc2)cc1. The van der Waals surface area contributed by atoms with E-state index in [9.17, 15) is 4.79 Å². The van der Waals surface area contributed by atoms with E-state index in [0.717, 1.165) is 0 Å². The summed E-state index contributed by atoms with van der Waals surface area (Å²) in [5.41, 5.74) is 6.66.